The first-order valence-electron chi connectivity index (χ1n) is 16.2. The van der Waals surface area contributed by atoms with Gasteiger partial charge in [0.1, 0.15) is 61.8 Å². The van der Waals surface area contributed by atoms with Crippen molar-refractivity contribution in [2.75, 3.05) is 33.0 Å². The molecular formula is C46H32I2O5. The summed E-state index contributed by atoms with van der Waals surface area (Å²) in [5.74, 6) is 15.5. The predicted molar refractivity (Wildman–Crippen MR) is 228 cm³/mol. The van der Waals surface area contributed by atoms with Crippen LogP contribution in [0.25, 0.3) is 22.3 Å². The van der Waals surface area contributed by atoms with E-state index in [-0.39, 0.29) is 33.0 Å². The van der Waals surface area contributed by atoms with E-state index in [4.69, 9.17) is 55.8 Å². The average Bonchev–Trinajstić information content (AvgIpc) is 3.18. The quantitative estimate of drug-likeness (QED) is 0.0596. The molecule has 0 saturated carbocycles. The Labute approximate surface area is 339 Å². The fourth-order valence-corrected chi connectivity index (χ4v) is 7.75. The first-order valence-corrected chi connectivity index (χ1v) is 18.4. The lowest BCUT2D eigenvalue weighted by atomic mass is 9.81. The molecule has 0 aliphatic carbocycles. The topological polar surface area (TPSA) is 46.2 Å². The molecule has 0 saturated heterocycles. The number of hydrogen-bond acceptors (Lipinski definition) is 5. The highest BCUT2D eigenvalue weighted by Crippen LogP contribution is 2.48. The lowest BCUT2D eigenvalue weighted by Gasteiger charge is -2.27. The molecule has 0 radical (unpaired) electrons. The van der Waals surface area contributed by atoms with Crippen LogP contribution in [0.4, 0.5) is 0 Å². The normalized spacial score (nSPS) is 10.2. The molecule has 53 heavy (non-hydrogen) atoms. The molecule has 260 valence electrons. The van der Waals surface area contributed by atoms with Gasteiger partial charge >= 0.3 is 0 Å². The molecule has 0 bridgehead atoms. The second kappa shape index (κ2) is 19.3. The summed E-state index contributed by atoms with van der Waals surface area (Å²) in [5.41, 5.74) is 6.23. The molecule has 0 spiro atoms. The van der Waals surface area contributed by atoms with E-state index in [0.29, 0.717) is 28.7 Å². The van der Waals surface area contributed by atoms with Crippen LogP contribution in [0.1, 0.15) is 22.6 Å². The maximum atomic E-state index is 6.31. The Morgan fingerprint density at radius 2 is 0.830 bits per heavy atom. The van der Waals surface area contributed by atoms with E-state index >= 15 is 0 Å². The van der Waals surface area contributed by atoms with Crippen LogP contribution in [0.15, 0.2) is 97.1 Å². The number of terminal acetylenes is 5. The summed E-state index contributed by atoms with van der Waals surface area (Å²) < 4.78 is 32.0. The number of hydrogen-bond donors (Lipinski definition) is 0. The number of rotatable bonds is 15. The van der Waals surface area contributed by atoms with Crippen molar-refractivity contribution in [1.82, 2.24) is 0 Å². The highest BCUT2D eigenvalue weighted by molar-refractivity contribution is 14.1. The molecule has 5 rings (SSSR count). The molecule has 0 N–H and O–H groups in total. The maximum Gasteiger partial charge on any atom is 0.148 e. The van der Waals surface area contributed by atoms with Crippen LogP contribution < -0.4 is 23.7 Å². The van der Waals surface area contributed by atoms with Crippen molar-refractivity contribution < 1.29 is 23.7 Å². The summed E-state index contributed by atoms with van der Waals surface area (Å²) in [7, 11) is 0. The van der Waals surface area contributed by atoms with Gasteiger partial charge in [-0.3, -0.25) is 0 Å². The van der Waals surface area contributed by atoms with Crippen LogP contribution in [0.2, 0.25) is 0 Å². The van der Waals surface area contributed by atoms with Crippen molar-refractivity contribution in [3.05, 3.63) is 121 Å². The maximum absolute atomic E-state index is 6.31. The average molecular weight is 919 g/mol. The Morgan fingerprint density at radius 1 is 0.434 bits per heavy atom. The minimum atomic E-state index is -0.525. The first-order chi connectivity index (χ1) is 25.9. The molecule has 5 aromatic rings. The zero-order chi connectivity index (χ0) is 37.6. The monoisotopic (exact) mass is 918 g/mol. The standard InChI is InChI=1S/C46H32I2O5/c1-6-23-49-37-17-11-32(12-18-37)34-15-21-43(51-25-8-3)39(28-34)45(41-30-36(47)31-42(48)46(41)53-27-10-5)40-29-35(16-22-44(40)52-26-9-4)33-13-19-38(20-14-33)50-24-7-2/h1-5,11-22,28-31,45H,23-27H2. The number of ether oxygens (including phenoxy) is 5. The van der Waals surface area contributed by atoms with Crippen molar-refractivity contribution in [2.45, 2.75) is 5.92 Å². The molecule has 0 aliphatic rings. The van der Waals surface area contributed by atoms with Gasteiger partial charge in [0.15, 0.2) is 0 Å². The minimum Gasteiger partial charge on any atom is -0.481 e. The van der Waals surface area contributed by atoms with Gasteiger partial charge in [0.25, 0.3) is 0 Å². The third kappa shape index (κ3) is 9.83. The van der Waals surface area contributed by atoms with E-state index in [1.807, 2.05) is 78.9 Å². The third-order valence-electron chi connectivity index (χ3n) is 7.93. The van der Waals surface area contributed by atoms with Crippen LogP contribution >= 0.6 is 45.2 Å². The fourth-order valence-electron chi connectivity index (χ4n) is 5.71. The summed E-state index contributed by atoms with van der Waals surface area (Å²) >= 11 is 4.59. The Balaban J connectivity index is 1.81. The predicted octanol–water partition coefficient (Wildman–Crippen LogP) is 9.47. The van der Waals surface area contributed by atoms with Crippen molar-refractivity contribution >= 4 is 45.2 Å². The van der Waals surface area contributed by atoms with Gasteiger partial charge in [0.2, 0.25) is 0 Å². The Kier molecular flexibility index (Phi) is 14.0. The molecule has 5 nitrogen and oxygen atoms in total. The zero-order valence-corrected chi connectivity index (χ0v) is 32.8. The van der Waals surface area contributed by atoms with Crippen LogP contribution in [-0.4, -0.2) is 33.0 Å². The number of halogens is 2. The smallest absolute Gasteiger partial charge is 0.148 e. The summed E-state index contributed by atoms with van der Waals surface area (Å²) in [6.45, 7) is 0.536. The molecule has 7 heteroatoms. The van der Waals surface area contributed by atoms with Crippen LogP contribution in [0, 0.1) is 68.9 Å². The summed E-state index contributed by atoms with van der Waals surface area (Å²) in [6, 6.07) is 31.7. The fraction of sp³-hybridized carbons (Fsp3) is 0.130. The molecule has 0 aliphatic heterocycles. The Morgan fingerprint density at radius 3 is 1.26 bits per heavy atom. The lowest BCUT2D eigenvalue weighted by Crippen LogP contribution is -2.13. The molecule has 0 aromatic heterocycles. The Bertz CT molecular complexity index is 2150. The van der Waals surface area contributed by atoms with Crippen molar-refractivity contribution in [3.63, 3.8) is 0 Å². The lowest BCUT2D eigenvalue weighted by molar-refractivity contribution is 0.354. The van der Waals surface area contributed by atoms with Crippen LogP contribution in [-0.2, 0) is 0 Å². The molecule has 5 aromatic carbocycles. The highest BCUT2D eigenvalue weighted by Gasteiger charge is 2.30. The molecule has 0 amide bonds. The third-order valence-corrected chi connectivity index (χ3v) is 9.36. The van der Waals surface area contributed by atoms with Gasteiger partial charge in [-0.15, -0.1) is 32.1 Å². The van der Waals surface area contributed by atoms with Crippen LogP contribution in [0.3, 0.4) is 0 Å². The SMILES string of the molecule is C#CCOc1ccc(-c2ccc(OCC#C)c(C(c3cc(-c4ccc(OCC#C)cc4)ccc3OCC#C)c3cc(I)cc(I)c3OCC#C)c2)cc1. The molecule has 0 fully saturated rings. The number of benzene rings is 5. The van der Waals surface area contributed by atoms with E-state index in [2.05, 4.69) is 93.0 Å². The highest BCUT2D eigenvalue weighted by atomic mass is 127. The van der Waals surface area contributed by atoms with E-state index in [1.54, 1.807) is 0 Å². The van der Waals surface area contributed by atoms with Gasteiger partial charge in [-0.2, -0.15) is 0 Å². The van der Waals surface area contributed by atoms with Gasteiger partial charge in [-0.05, 0) is 128 Å². The second-order valence-corrected chi connectivity index (χ2v) is 13.7. The van der Waals surface area contributed by atoms with E-state index < -0.39 is 5.92 Å². The van der Waals surface area contributed by atoms with Gasteiger partial charge in [0.05, 0.1) is 3.57 Å². The second-order valence-electron chi connectivity index (χ2n) is 11.3. The Hall–Kier alpha value is -5.64. The first kappa shape index (κ1) is 38.6. The minimum absolute atomic E-state index is 0.0547. The molecule has 0 heterocycles. The van der Waals surface area contributed by atoms with Gasteiger partial charge in [0, 0.05) is 26.2 Å². The summed E-state index contributed by atoms with van der Waals surface area (Å²) in [6.07, 6.45) is 27.9. The van der Waals surface area contributed by atoms with Crippen molar-refractivity contribution in [1.29, 1.82) is 0 Å². The largest absolute Gasteiger partial charge is 0.481 e. The van der Waals surface area contributed by atoms with Crippen LogP contribution in [0.5, 0.6) is 28.7 Å². The van der Waals surface area contributed by atoms with Gasteiger partial charge in [-0.25, -0.2) is 0 Å². The van der Waals surface area contributed by atoms with Crippen molar-refractivity contribution in [3.8, 4) is 113 Å². The van der Waals surface area contributed by atoms with E-state index in [9.17, 15) is 0 Å². The summed E-state index contributed by atoms with van der Waals surface area (Å²) in [5, 5.41) is 0. The van der Waals surface area contributed by atoms with Gasteiger partial charge in [-0.1, -0.05) is 66.0 Å². The van der Waals surface area contributed by atoms with Crippen molar-refractivity contribution in [2.24, 2.45) is 0 Å². The molecule has 0 atom stereocenters. The molecule has 0 unspecified atom stereocenters. The van der Waals surface area contributed by atoms with E-state index in [1.165, 1.54) is 0 Å². The zero-order valence-electron chi connectivity index (χ0n) is 28.5. The van der Waals surface area contributed by atoms with E-state index in [0.717, 1.165) is 46.1 Å². The molecular weight excluding hydrogens is 886 g/mol. The summed E-state index contributed by atoms with van der Waals surface area (Å²) in [4.78, 5) is 0. The van der Waals surface area contributed by atoms with Gasteiger partial charge < -0.3 is 23.7 Å².